The number of hydrogen-bond donors (Lipinski definition) is 1. The second-order valence-electron chi connectivity index (χ2n) is 7.40. The van der Waals surface area contributed by atoms with Crippen LogP contribution in [0, 0.1) is 13.8 Å². The Hall–Kier alpha value is -2.75. The van der Waals surface area contributed by atoms with E-state index in [4.69, 9.17) is 9.47 Å². The summed E-state index contributed by atoms with van der Waals surface area (Å²) in [6.07, 6.45) is -1.06. The zero-order chi connectivity index (χ0) is 22.6. The molecule has 1 aliphatic heterocycles. The first-order chi connectivity index (χ1) is 14.7. The van der Waals surface area contributed by atoms with Crippen molar-refractivity contribution < 1.29 is 27.5 Å². The van der Waals surface area contributed by atoms with Crippen LogP contribution in [-0.2, 0) is 24.3 Å². The average molecular weight is 447 g/mol. The molecule has 1 N–H and O–H groups in total. The van der Waals surface area contributed by atoms with Crippen LogP contribution in [0.4, 0.5) is 5.69 Å². The number of amides is 1. The minimum atomic E-state index is -3.69. The van der Waals surface area contributed by atoms with Crippen LogP contribution < -0.4 is 5.32 Å². The predicted molar refractivity (Wildman–Crippen MR) is 115 cm³/mol. The molecule has 166 valence electrons. The van der Waals surface area contributed by atoms with Crippen molar-refractivity contribution in [3.63, 3.8) is 0 Å². The Balaban J connectivity index is 1.68. The molecule has 0 aliphatic carbocycles. The Morgan fingerprint density at radius 1 is 1.10 bits per heavy atom. The van der Waals surface area contributed by atoms with Gasteiger partial charge in [0.2, 0.25) is 10.0 Å². The predicted octanol–water partition coefficient (Wildman–Crippen LogP) is 2.51. The van der Waals surface area contributed by atoms with Crippen LogP contribution in [0.15, 0.2) is 47.4 Å². The molecule has 0 bridgehead atoms. The van der Waals surface area contributed by atoms with Crippen molar-refractivity contribution in [3.05, 3.63) is 59.2 Å². The molecule has 1 unspecified atom stereocenters. The fraction of sp³-hybridized carbons (Fsp3) is 0.364. The molecule has 1 aliphatic rings. The van der Waals surface area contributed by atoms with E-state index in [1.54, 1.807) is 25.1 Å². The second kappa shape index (κ2) is 9.59. The van der Waals surface area contributed by atoms with Gasteiger partial charge in [-0.15, -0.1) is 0 Å². The highest BCUT2D eigenvalue weighted by atomic mass is 32.2. The summed E-state index contributed by atoms with van der Waals surface area (Å²) < 4.78 is 37.5. The first-order valence-corrected chi connectivity index (χ1v) is 11.4. The maximum atomic E-state index is 12.8. The maximum absolute atomic E-state index is 12.8. The van der Waals surface area contributed by atoms with Crippen LogP contribution in [0.1, 0.15) is 28.4 Å². The fourth-order valence-electron chi connectivity index (χ4n) is 3.15. The van der Waals surface area contributed by atoms with Crippen molar-refractivity contribution >= 4 is 27.6 Å². The van der Waals surface area contributed by atoms with E-state index in [-0.39, 0.29) is 18.0 Å². The molecule has 9 heteroatoms. The van der Waals surface area contributed by atoms with Crippen LogP contribution in [0.5, 0.6) is 0 Å². The third kappa shape index (κ3) is 5.49. The van der Waals surface area contributed by atoms with Gasteiger partial charge in [0.1, 0.15) is 0 Å². The smallest absolute Gasteiger partial charge is 0.339 e. The Morgan fingerprint density at radius 2 is 1.81 bits per heavy atom. The molecule has 8 nitrogen and oxygen atoms in total. The van der Waals surface area contributed by atoms with Gasteiger partial charge in [-0.3, -0.25) is 4.79 Å². The van der Waals surface area contributed by atoms with E-state index in [9.17, 15) is 18.0 Å². The van der Waals surface area contributed by atoms with Crippen molar-refractivity contribution in [2.45, 2.75) is 31.8 Å². The summed E-state index contributed by atoms with van der Waals surface area (Å²) >= 11 is 0. The monoisotopic (exact) mass is 446 g/mol. The van der Waals surface area contributed by atoms with Crippen molar-refractivity contribution in [2.24, 2.45) is 0 Å². The molecule has 1 fully saturated rings. The lowest BCUT2D eigenvalue weighted by molar-refractivity contribution is -0.123. The van der Waals surface area contributed by atoms with Gasteiger partial charge in [0.05, 0.1) is 23.7 Å². The number of carbonyl (C=O) groups is 2. The standard InChI is InChI=1S/C22H26N2O6S/c1-15-7-8-16(2)20(13-15)22(26)30-17(3)21(25)23-18-5-4-6-19(14-18)31(27,28)24-9-11-29-12-10-24/h4-8,13-14,17H,9-12H2,1-3H3,(H,23,25). The van der Waals surface area contributed by atoms with Gasteiger partial charge in [-0.2, -0.15) is 4.31 Å². The molecule has 1 saturated heterocycles. The van der Waals surface area contributed by atoms with Crippen LogP contribution >= 0.6 is 0 Å². The molecular formula is C22H26N2O6S. The number of nitrogens with one attached hydrogen (secondary N) is 1. The third-order valence-electron chi connectivity index (χ3n) is 4.98. The summed E-state index contributed by atoms with van der Waals surface area (Å²) in [6.45, 7) is 6.38. The van der Waals surface area contributed by atoms with Crippen molar-refractivity contribution in [1.82, 2.24) is 4.31 Å². The van der Waals surface area contributed by atoms with Gasteiger partial charge >= 0.3 is 5.97 Å². The summed E-state index contributed by atoms with van der Waals surface area (Å²) in [5.41, 5.74) is 2.37. The second-order valence-corrected chi connectivity index (χ2v) is 9.34. The fourth-order valence-corrected chi connectivity index (χ4v) is 4.60. The first-order valence-electron chi connectivity index (χ1n) is 9.95. The lowest BCUT2D eigenvalue weighted by Crippen LogP contribution is -2.40. The highest BCUT2D eigenvalue weighted by Gasteiger charge is 2.27. The zero-order valence-corrected chi connectivity index (χ0v) is 18.6. The van der Waals surface area contributed by atoms with Crippen LogP contribution in [0.25, 0.3) is 0 Å². The molecule has 1 atom stereocenters. The molecule has 2 aromatic rings. The molecule has 3 rings (SSSR count). The molecule has 2 aromatic carbocycles. The minimum Gasteiger partial charge on any atom is -0.449 e. The quantitative estimate of drug-likeness (QED) is 0.684. The Kier molecular flexibility index (Phi) is 7.09. The highest BCUT2D eigenvalue weighted by molar-refractivity contribution is 7.89. The number of ether oxygens (including phenoxy) is 2. The topological polar surface area (TPSA) is 102 Å². The van der Waals surface area contributed by atoms with Gasteiger partial charge in [0, 0.05) is 18.8 Å². The molecule has 0 spiro atoms. The summed E-state index contributed by atoms with van der Waals surface area (Å²) in [5.74, 6) is -1.15. The largest absolute Gasteiger partial charge is 0.449 e. The third-order valence-corrected chi connectivity index (χ3v) is 6.87. The summed E-state index contributed by atoms with van der Waals surface area (Å²) in [5, 5.41) is 2.62. The van der Waals surface area contributed by atoms with Crippen molar-refractivity contribution in [3.8, 4) is 0 Å². The molecule has 0 aromatic heterocycles. The summed E-state index contributed by atoms with van der Waals surface area (Å²) in [4.78, 5) is 25.1. The van der Waals surface area contributed by atoms with Gasteiger partial charge < -0.3 is 14.8 Å². The van der Waals surface area contributed by atoms with Crippen LogP contribution in [-0.4, -0.2) is 57.0 Å². The Morgan fingerprint density at radius 3 is 2.52 bits per heavy atom. The van der Waals surface area contributed by atoms with E-state index >= 15 is 0 Å². The molecule has 31 heavy (non-hydrogen) atoms. The molecule has 1 amide bonds. The van der Waals surface area contributed by atoms with Gasteiger partial charge in [0.25, 0.3) is 5.91 Å². The van der Waals surface area contributed by atoms with E-state index in [2.05, 4.69) is 5.32 Å². The van der Waals surface area contributed by atoms with E-state index in [1.807, 2.05) is 19.1 Å². The van der Waals surface area contributed by atoms with Gasteiger partial charge in [0.15, 0.2) is 6.10 Å². The van der Waals surface area contributed by atoms with E-state index < -0.39 is 28.0 Å². The van der Waals surface area contributed by atoms with Gasteiger partial charge in [-0.1, -0.05) is 23.8 Å². The number of anilines is 1. The minimum absolute atomic E-state index is 0.0761. The van der Waals surface area contributed by atoms with Crippen LogP contribution in [0.3, 0.4) is 0 Å². The highest BCUT2D eigenvalue weighted by Crippen LogP contribution is 2.21. The lowest BCUT2D eigenvalue weighted by atomic mass is 10.1. The number of aryl methyl sites for hydroxylation is 2. The Bertz CT molecular complexity index is 1080. The van der Waals surface area contributed by atoms with Crippen molar-refractivity contribution in [2.75, 3.05) is 31.6 Å². The molecular weight excluding hydrogens is 420 g/mol. The normalized spacial score (nSPS) is 15.8. The molecule has 0 saturated carbocycles. The number of sulfonamides is 1. The number of morpholine rings is 1. The number of rotatable bonds is 6. The summed E-state index contributed by atoms with van der Waals surface area (Å²) in [7, 11) is -3.69. The lowest BCUT2D eigenvalue weighted by Gasteiger charge is -2.26. The Labute approximate surface area is 182 Å². The molecule has 1 heterocycles. The van der Waals surface area contributed by atoms with Gasteiger partial charge in [-0.05, 0) is 50.6 Å². The summed E-state index contributed by atoms with van der Waals surface area (Å²) in [6, 6.07) is 11.4. The first kappa shape index (κ1) is 22.9. The maximum Gasteiger partial charge on any atom is 0.339 e. The van der Waals surface area contributed by atoms with Gasteiger partial charge in [-0.25, -0.2) is 13.2 Å². The number of esters is 1. The van der Waals surface area contributed by atoms with Crippen molar-refractivity contribution in [1.29, 1.82) is 0 Å². The SMILES string of the molecule is Cc1ccc(C)c(C(=O)OC(C)C(=O)Nc2cccc(S(=O)(=O)N3CCOCC3)c2)c1. The average Bonchev–Trinajstić information content (AvgIpc) is 2.76. The van der Waals surface area contributed by atoms with Crippen LogP contribution in [0.2, 0.25) is 0 Å². The number of hydrogen-bond acceptors (Lipinski definition) is 6. The van der Waals surface area contributed by atoms with E-state index in [0.29, 0.717) is 24.5 Å². The number of nitrogens with zero attached hydrogens (tertiary/aromatic N) is 1. The van der Waals surface area contributed by atoms with E-state index in [0.717, 1.165) is 11.1 Å². The number of carbonyl (C=O) groups excluding carboxylic acids is 2. The van der Waals surface area contributed by atoms with E-state index in [1.165, 1.54) is 23.4 Å². The zero-order valence-electron chi connectivity index (χ0n) is 17.8. The number of benzene rings is 2. The molecule has 0 radical (unpaired) electrons.